The Balaban J connectivity index is 1.41. The fourth-order valence-corrected chi connectivity index (χ4v) is 6.77. The molecule has 0 saturated carbocycles. The van der Waals surface area contributed by atoms with Crippen molar-refractivity contribution in [3.63, 3.8) is 0 Å². The highest BCUT2D eigenvalue weighted by Crippen LogP contribution is 2.41. The first-order chi connectivity index (χ1) is 20.4. The molecule has 41 heavy (non-hydrogen) atoms. The molecule has 0 atom stereocenters. The smallest absolute Gasteiger partial charge is 0.131 e. The average Bonchev–Trinajstić information content (AvgIpc) is 3.67. The lowest BCUT2D eigenvalue weighted by Gasteiger charge is -2.15. The van der Waals surface area contributed by atoms with Gasteiger partial charge in [-0.05, 0) is 54.6 Å². The Labute approximate surface area is 236 Å². The van der Waals surface area contributed by atoms with Crippen LogP contribution in [-0.4, -0.2) is 13.7 Å². The fourth-order valence-electron chi connectivity index (χ4n) is 6.77. The number of benzene rings is 6. The Kier molecular flexibility index (Phi) is 4.61. The molecule has 0 saturated heterocycles. The van der Waals surface area contributed by atoms with E-state index in [9.17, 15) is 0 Å². The molecule has 6 aromatic carbocycles. The summed E-state index contributed by atoms with van der Waals surface area (Å²) in [4.78, 5) is 0. The Morgan fingerprint density at radius 1 is 0.293 bits per heavy atom. The maximum absolute atomic E-state index is 2.44. The summed E-state index contributed by atoms with van der Waals surface area (Å²) in [6.07, 6.45) is 0. The number of hydrogen-bond donors (Lipinski definition) is 0. The van der Waals surface area contributed by atoms with Crippen LogP contribution in [0.4, 0.5) is 0 Å². The predicted octanol–water partition coefficient (Wildman–Crippen LogP) is 9.82. The lowest BCUT2D eigenvalue weighted by atomic mass is 10.1. The van der Waals surface area contributed by atoms with Crippen molar-refractivity contribution in [1.29, 1.82) is 0 Å². The quantitative estimate of drug-likeness (QED) is 0.219. The van der Waals surface area contributed by atoms with E-state index in [4.69, 9.17) is 0 Å². The topological polar surface area (TPSA) is 14.8 Å². The van der Waals surface area contributed by atoms with Crippen molar-refractivity contribution in [1.82, 2.24) is 13.7 Å². The largest absolute Gasteiger partial charge is 0.309 e. The van der Waals surface area contributed by atoms with Crippen LogP contribution in [0.1, 0.15) is 0 Å². The highest BCUT2D eigenvalue weighted by molar-refractivity contribution is 6.22. The lowest BCUT2D eigenvalue weighted by Crippen LogP contribution is -2.02. The minimum absolute atomic E-state index is 1.13. The monoisotopic (exact) mass is 523 g/mol. The zero-order chi connectivity index (χ0) is 26.9. The second kappa shape index (κ2) is 8.48. The van der Waals surface area contributed by atoms with Crippen LogP contribution in [0.3, 0.4) is 0 Å². The van der Waals surface area contributed by atoms with Crippen molar-refractivity contribution in [2.75, 3.05) is 0 Å². The summed E-state index contributed by atoms with van der Waals surface area (Å²) in [5.74, 6) is 0. The van der Waals surface area contributed by atoms with Crippen molar-refractivity contribution >= 4 is 54.6 Å². The number of nitrogens with zero attached hydrogens (tertiary/aromatic N) is 3. The Morgan fingerprint density at radius 3 is 1.24 bits per heavy atom. The van der Waals surface area contributed by atoms with Crippen LogP contribution < -0.4 is 0 Å². The van der Waals surface area contributed by atoms with Crippen molar-refractivity contribution in [2.45, 2.75) is 0 Å². The molecule has 192 valence electrons. The molecule has 0 N–H and O–H groups in total. The van der Waals surface area contributed by atoms with Gasteiger partial charge in [0.05, 0.1) is 22.1 Å². The van der Waals surface area contributed by atoms with E-state index in [-0.39, 0.29) is 0 Å². The second-order valence-electron chi connectivity index (χ2n) is 10.6. The molecule has 0 bridgehead atoms. The third-order valence-corrected chi connectivity index (χ3v) is 8.42. The number of para-hydroxylation sites is 5. The normalized spacial score (nSPS) is 11.9. The summed E-state index contributed by atoms with van der Waals surface area (Å²) in [5.41, 5.74) is 9.45. The van der Waals surface area contributed by atoms with Gasteiger partial charge in [-0.1, -0.05) is 97.1 Å². The van der Waals surface area contributed by atoms with Crippen molar-refractivity contribution in [3.8, 4) is 17.1 Å². The molecule has 9 aromatic rings. The van der Waals surface area contributed by atoms with Gasteiger partial charge in [0, 0.05) is 44.0 Å². The highest BCUT2D eigenvalue weighted by Gasteiger charge is 2.22. The molecule has 0 unspecified atom stereocenters. The SMILES string of the molecule is c1ccc(-n2c3ccccc3c3c4ccccc4n(-c4cccc(-n5c6ccccc6c6ccccc65)c4)c32)cc1. The van der Waals surface area contributed by atoms with Crippen LogP contribution in [0.15, 0.2) is 152 Å². The molecule has 3 aromatic heterocycles. The third kappa shape index (κ3) is 3.09. The first-order valence-electron chi connectivity index (χ1n) is 14.1. The first kappa shape index (κ1) is 22.3. The molecule has 3 nitrogen and oxygen atoms in total. The van der Waals surface area contributed by atoms with E-state index in [1.54, 1.807) is 0 Å². The summed E-state index contributed by atoms with van der Waals surface area (Å²) < 4.78 is 7.25. The molecule has 0 amide bonds. The maximum Gasteiger partial charge on any atom is 0.131 e. The summed E-state index contributed by atoms with van der Waals surface area (Å²) >= 11 is 0. The maximum atomic E-state index is 2.44. The molecule has 0 aliphatic rings. The van der Waals surface area contributed by atoms with Crippen LogP contribution >= 0.6 is 0 Å². The molecule has 9 rings (SSSR count). The zero-order valence-electron chi connectivity index (χ0n) is 22.3. The Bertz CT molecular complexity index is 2360. The van der Waals surface area contributed by atoms with Gasteiger partial charge in [0.25, 0.3) is 0 Å². The van der Waals surface area contributed by atoms with Gasteiger partial charge in [0.1, 0.15) is 5.65 Å². The van der Waals surface area contributed by atoms with E-state index in [1.807, 2.05) is 0 Å². The van der Waals surface area contributed by atoms with E-state index in [0.29, 0.717) is 0 Å². The number of hydrogen-bond acceptors (Lipinski definition) is 0. The molecule has 0 aliphatic heterocycles. The van der Waals surface area contributed by atoms with Crippen LogP contribution in [0.2, 0.25) is 0 Å². The van der Waals surface area contributed by atoms with Gasteiger partial charge in [-0.3, -0.25) is 9.13 Å². The number of fused-ring (bicyclic) bond motifs is 8. The van der Waals surface area contributed by atoms with Gasteiger partial charge < -0.3 is 4.57 Å². The van der Waals surface area contributed by atoms with Crippen molar-refractivity contribution in [3.05, 3.63) is 152 Å². The fraction of sp³-hybridized carbons (Fsp3) is 0. The van der Waals surface area contributed by atoms with Crippen LogP contribution in [0, 0.1) is 0 Å². The van der Waals surface area contributed by atoms with E-state index in [1.165, 1.54) is 54.6 Å². The number of aromatic nitrogens is 3. The summed E-state index contributed by atoms with van der Waals surface area (Å²) in [6, 6.07) is 54.6. The minimum atomic E-state index is 1.13. The summed E-state index contributed by atoms with van der Waals surface area (Å²) in [7, 11) is 0. The second-order valence-corrected chi connectivity index (χ2v) is 10.6. The zero-order valence-corrected chi connectivity index (χ0v) is 22.3. The average molecular weight is 524 g/mol. The van der Waals surface area contributed by atoms with Crippen LogP contribution in [0.25, 0.3) is 71.7 Å². The standard InChI is InChI=1S/C38H25N3/c1-2-13-26(14-3-1)40-35-23-10-6-19-31(35)37-32-20-7-11-24-36(32)41(38(37)40)28-16-12-15-27(25-28)39-33-21-8-4-17-29(33)30-18-5-9-22-34(30)39/h1-25H. The van der Waals surface area contributed by atoms with Gasteiger partial charge in [-0.2, -0.15) is 0 Å². The molecule has 0 radical (unpaired) electrons. The predicted molar refractivity (Wildman–Crippen MR) is 172 cm³/mol. The van der Waals surface area contributed by atoms with Gasteiger partial charge in [-0.25, -0.2) is 0 Å². The van der Waals surface area contributed by atoms with Crippen molar-refractivity contribution in [2.24, 2.45) is 0 Å². The molecule has 0 spiro atoms. The Hall–Kier alpha value is -5.54. The summed E-state index contributed by atoms with van der Waals surface area (Å²) in [6.45, 7) is 0. The Morgan fingerprint density at radius 2 is 0.683 bits per heavy atom. The molecule has 0 fully saturated rings. The molecular formula is C38H25N3. The van der Waals surface area contributed by atoms with E-state index in [2.05, 4.69) is 165 Å². The number of rotatable bonds is 3. The first-order valence-corrected chi connectivity index (χ1v) is 14.1. The van der Waals surface area contributed by atoms with Crippen molar-refractivity contribution < 1.29 is 0 Å². The van der Waals surface area contributed by atoms with E-state index in [0.717, 1.165) is 17.1 Å². The van der Waals surface area contributed by atoms with Gasteiger partial charge >= 0.3 is 0 Å². The minimum Gasteiger partial charge on any atom is -0.309 e. The van der Waals surface area contributed by atoms with E-state index >= 15 is 0 Å². The van der Waals surface area contributed by atoms with Gasteiger partial charge in [0.15, 0.2) is 0 Å². The van der Waals surface area contributed by atoms with Crippen LogP contribution in [-0.2, 0) is 0 Å². The summed E-state index contributed by atoms with van der Waals surface area (Å²) in [5, 5.41) is 6.34. The molecule has 3 heteroatoms. The third-order valence-electron chi connectivity index (χ3n) is 8.42. The molecule has 0 aliphatic carbocycles. The molecule has 3 heterocycles. The van der Waals surface area contributed by atoms with Crippen LogP contribution in [0.5, 0.6) is 0 Å². The lowest BCUT2D eigenvalue weighted by molar-refractivity contribution is 1.06. The highest BCUT2D eigenvalue weighted by atomic mass is 15.1. The molecular weight excluding hydrogens is 498 g/mol. The van der Waals surface area contributed by atoms with Gasteiger partial charge in [0.2, 0.25) is 0 Å². The van der Waals surface area contributed by atoms with E-state index < -0.39 is 0 Å². The van der Waals surface area contributed by atoms with Gasteiger partial charge in [-0.15, -0.1) is 0 Å².